The molecule has 1 N–H and O–H groups in total. The van der Waals surface area contributed by atoms with E-state index in [-0.39, 0.29) is 0 Å². The minimum absolute atomic E-state index is 0.760. The van der Waals surface area contributed by atoms with Gasteiger partial charge in [-0.25, -0.2) is 0 Å². The van der Waals surface area contributed by atoms with E-state index in [4.69, 9.17) is 0 Å². The van der Waals surface area contributed by atoms with E-state index < -0.39 is 0 Å². The molecule has 4 aliphatic heterocycles. The van der Waals surface area contributed by atoms with E-state index in [1.807, 2.05) is 11.1 Å². The average molecular weight is 428 g/mol. The Labute approximate surface area is 192 Å². The molecule has 7 atom stereocenters. The fraction of sp³-hybridized carbons (Fsp3) is 0.929. The molecule has 176 valence electrons. The molecule has 0 radical (unpaired) electrons. The van der Waals surface area contributed by atoms with Gasteiger partial charge < -0.3 is 5.32 Å². The van der Waals surface area contributed by atoms with Crippen LogP contribution in [0.5, 0.6) is 0 Å². The molecule has 4 fully saturated rings. The molecule has 0 aromatic rings. The fourth-order valence-corrected chi connectivity index (χ4v) is 8.40. The van der Waals surface area contributed by atoms with E-state index in [9.17, 15) is 0 Å². The van der Waals surface area contributed by atoms with Crippen LogP contribution < -0.4 is 5.32 Å². The van der Waals surface area contributed by atoms with E-state index in [0.717, 1.165) is 42.0 Å². The Morgan fingerprint density at radius 3 is 2.65 bits per heavy atom. The summed E-state index contributed by atoms with van der Waals surface area (Å²) in [5.74, 6) is 1.79. The summed E-state index contributed by atoms with van der Waals surface area (Å²) in [5.41, 5.74) is 3.78. The van der Waals surface area contributed by atoms with E-state index in [1.165, 1.54) is 103 Å². The maximum Gasteiger partial charge on any atom is 0.0309 e. The Bertz CT molecular complexity index is 636. The standard InChI is InChI=1S/C28H49N3/c1-20-14-22(27-11-7-13-30(3)28(27)17-20)18-25-10-6-9-24-15-21(2)16-26(31(24)25)19-23-8-4-5-12-29-23/h20-21,23-26,28-29H,4-19H2,1-3H3/t20-,21-,23-,24-,25-,26+,28-/m0/s1. The van der Waals surface area contributed by atoms with Crippen LogP contribution in [0.4, 0.5) is 0 Å². The van der Waals surface area contributed by atoms with Gasteiger partial charge >= 0.3 is 0 Å². The Morgan fingerprint density at radius 1 is 0.903 bits per heavy atom. The molecule has 0 saturated carbocycles. The SMILES string of the molecule is C[C@@H]1C[C@H](C[C@@H]2CCCCN2)N2[C@H](CC3=C4CCCN(C)[C@H]4C[C@@H](C)C3)CCC[C@H]2C1. The Morgan fingerprint density at radius 2 is 1.81 bits per heavy atom. The van der Waals surface area contributed by atoms with Crippen molar-refractivity contribution in [3.05, 3.63) is 11.1 Å². The summed E-state index contributed by atoms with van der Waals surface area (Å²) in [7, 11) is 2.38. The van der Waals surface area contributed by atoms with Gasteiger partial charge in [-0.1, -0.05) is 37.8 Å². The molecular weight excluding hydrogens is 378 g/mol. The largest absolute Gasteiger partial charge is 0.314 e. The van der Waals surface area contributed by atoms with E-state index >= 15 is 0 Å². The third-order valence-corrected chi connectivity index (χ3v) is 9.71. The molecule has 5 rings (SSSR count). The molecule has 0 aromatic heterocycles. The summed E-state index contributed by atoms with van der Waals surface area (Å²) in [5, 5.41) is 3.88. The second kappa shape index (κ2) is 9.85. The number of hydrogen-bond donors (Lipinski definition) is 1. The zero-order valence-electron chi connectivity index (χ0n) is 20.7. The molecule has 31 heavy (non-hydrogen) atoms. The lowest BCUT2D eigenvalue weighted by Gasteiger charge is -2.53. The summed E-state index contributed by atoms with van der Waals surface area (Å²) < 4.78 is 0. The summed E-state index contributed by atoms with van der Waals surface area (Å²) in [6, 6.07) is 4.05. The number of likely N-dealkylation sites (N-methyl/N-ethyl adjacent to an activating group) is 1. The van der Waals surface area contributed by atoms with Crippen LogP contribution in [0.15, 0.2) is 11.1 Å². The number of likely N-dealkylation sites (tertiary alicyclic amines) is 1. The first-order chi connectivity index (χ1) is 15.1. The molecule has 0 bridgehead atoms. The first-order valence-corrected chi connectivity index (χ1v) is 14.0. The highest BCUT2D eigenvalue weighted by atomic mass is 15.2. The Balaban J connectivity index is 1.36. The minimum Gasteiger partial charge on any atom is -0.314 e. The van der Waals surface area contributed by atoms with Gasteiger partial charge in [0.05, 0.1) is 0 Å². The van der Waals surface area contributed by atoms with Gasteiger partial charge in [-0.3, -0.25) is 9.80 Å². The smallest absolute Gasteiger partial charge is 0.0309 e. The van der Waals surface area contributed by atoms with Crippen molar-refractivity contribution in [1.82, 2.24) is 15.1 Å². The summed E-state index contributed by atoms with van der Waals surface area (Å²) in [6.07, 6.45) is 19.9. The molecule has 3 heteroatoms. The maximum absolute atomic E-state index is 3.88. The van der Waals surface area contributed by atoms with Crippen molar-refractivity contribution in [2.45, 2.75) is 134 Å². The molecule has 1 aliphatic carbocycles. The van der Waals surface area contributed by atoms with Crippen molar-refractivity contribution in [3.8, 4) is 0 Å². The Hall–Kier alpha value is -0.380. The van der Waals surface area contributed by atoms with Gasteiger partial charge in [0.25, 0.3) is 0 Å². The third-order valence-electron chi connectivity index (χ3n) is 9.71. The molecule has 0 aromatic carbocycles. The minimum atomic E-state index is 0.760. The maximum atomic E-state index is 3.88. The van der Waals surface area contributed by atoms with Gasteiger partial charge in [-0.15, -0.1) is 0 Å². The molecule has 0 unspecified atom stereocenters. The molecule has 3 nitrogen and oxygen atoms in total. The number of nitrogens with zero attached hydrogens (tertiary/aromatic N) is 2. The van der Waals surface area contributed by atoms with Gasteiger partial charge in [-0.2, -0.15) is 0 Å². The fourth-order valence-electron chi connectivity index (χ4n) is 8.40. The zero-order chi connectivity index (χ0) is 21.4. The topological polar surface area (TPSA) is 18.5 Å². The molecule has 4 saturated heterocycles. The number of fused-ring (bicyclic) bond motifs is 2. The van der Waals surface area contributed by atoms with Gasteiger partial charge in [0, 0.05) is 30.2 Å². The van der Waals surface area contributed by atoms with Crippen molar-refractivity contribution in [1.29, 1.82) is 0 Å². The lowest BCUT2D eigenvalue weighted by atomic mass is 9.73. The lowest BCUT2D eigenvalue weighted by molar-refractivity contribution is -0.0220. The van der Waals surface area contributed by atoms with E-state index in [0.29, 0.717) is 0 Å². The van der Waals surface area contributed by atoms with Gasteiger partial charge in [0.1, 0.15) is 0 Å². The normalized spacial score (nSPS) is 42.9. The van der Waals surface area contributed by atoms with Gasteiger partial charge in [-0.05, 0) is 109 Å². The third kappa shape index (κ3) is 4.94. The summed E-state index contributed by atoms with van der Waals surface area (Å²) >= 11 is 0. The van der Waals surface area contributed by atoms with Gasteiger partial charge in [0.2, 0.25) is 0 Å². The van der Waals surface area contributed by atoms with Crippen LogP contribution in [0.2, 0.25) is 0 Å². The first-order valence-electron chi connectivity index (χ1n) is 14.0. The van der Waals surface area contributed by atoms with Crippen molar-refractivity contribution >= 4 is 0 Å². The lowest BCUT2D eigenvalue weighted by Crippen LogP contribution is -2.57. The number of hydrogen-bond acceptors (Lipinski definition) is 3. The highest BCUT2D eigenvalue weighted by Crippen LogP contribution is 2.44. The van der Waals surface area contributed by atoms with Crippen LogP contribution in [-0.2, 0) is 0 Å². The highest BCUT2D eigenvalue weighted by Gasteiger charge is 2.42. The monoisotopic (exact) mass is 427 g/mol. The van der Waals surface area contributed by atoms with Gasteiger partial charge in [0.15, 0.2) is 0 Å². The molecule has 0 amide bonds. The van der Waals surface area contributed by atoms with Crippen molar-refractivity contribution in [2.24, 2.45) is 11.8 Å². The van der Waals surface area contributed by atoms with E-state index in [1.54, 1.807) is 0 Å². The van der Waals surface area contributed by atoms with Crippen molar-refractivity contribution < 1.29 is 0 Å². The molecule has 4 heterocycles. The van der Waals surface area contributed by atoms with Crippen LogP contribution in [-0.4, -0.2) is 60.1 Å². The van der Waals surface area contributed by atoms with E-state index in [2.05, 4.69) is 36.0 Å². The highest BCUT2D eigenvalue weighted by molar-refractivity contribution is 5.27. The van der Waals surface area contributed by atoms with Crippen LogP contribution in [0.1, 0.15) is 104 Å². The average Bonchev–Trinajstić information content (AvgIpc) is 2.75. The molecule has 5 aliphatic rings. The van der Waals surface area contributed by atoms with Crippen molar-refractivity contribution in [3.63, 3.8) is 0 Å². The predicted octanol–water partition coefficient (Wildman–Crippen LogP) is 5.75. The van der Waals surface area contributed by atoms with Crippen LogP contribution in [0.3, 0.4) is 0 Å². The zero-order valence-corrected chi connectivity index (χ0v) is 20.7. The molecule has 0 spiro atoms. The number of rotatable bonds is 4. The first kappa shape index (κ1) is 22.4. The van der Waals surface area contributed by atoms with Crippen LogP contribution in [0, 0.1) is 11.8 Å². The second-order valence-corrected chi connectivity index (χ2v) is 12.3. The number of piperidine rings is 4. The molecular formula is C28H49N3. The Kier molecular flexibility index (Phi) is 7.12. The number of nitrogens with one attached hydrogen (secondary N) is 1. The quantitative estimate of drug-likeness (QED) is 0.576. The van der Waals surface area contributed by atoms with Crippen LogP contribution >= 0.6 is 0 Å². The summed E-state index contributed by atoms with van der Waals surface area (Å²) in [4.78, 5) is 5.80. The summed E-state index contributed by atoms with van der Waals surface area (Å²) in [6.45, 7) is 7.62. The second-order valence-electron chi connectivity index (χ2n) is 12.3. The van der Waals surface area contributed by atoms with Crippen molar-refractivity contribution in [2.75, 3.05) is 20.1 Å². The predicted molar refractivity (Wildman–Crippen MR) is 131 cm³/mol. The van der Waals surface area contributed by atoms with Crippen LogP contribution in [0.25, 0.3) is 0 Å².